The van der Waals surface area contributed by atoms with Gasteiger partial charge in [-0.25, -0.2) is 15.0 Å². The van der Waals surface area contributed by atoms with E-state index in [0.717, 1.165) is 74.6 Å². The van der Waals surface area contributed by atoms with Crippen LogP contribution in [0.1, 0.15) is 0 Å². The van der Waals surface area contributed by atoms with Crippen LogP contribution in [0.15, 0.2) is 124 Å². The van der Waals surface area contributed by atoms with Gasteiger partial charge in [-0.05, 0) is 65.4 Å². The molecule has 0 aliphatic heterocycles. The number of thiazole rings is 1. The molecule has 0 amide bonds. The fourth-order valence-corrected chi connectivity index (χ4v) is 9.31. The number of imidazole rings is 1. The van der Waals surface area contributed by atoms with Crippen LogP contribution < -0.4 is 0 Å². The number of nitrogens with zero attached hydrogens (tertiary/aromatic N) is 5. The lowest BCUT2D eigenvalue weighted by atomic mass is 9.90. The van der Waals surface area contributed by atoms with Gasteiger partial charge in [-0.15, -0.1) is 22.7 Å². The van der Waals surface area contributed by atoms with E-state index in [0.29, 0.717) is 34.1 Å². The summed E-state index contributed by atoms with van der Waals surface area (Å²) in [6.45, 7) is 0. The Morgan fingerprint density at radius 3 is 2.28 bits per heavy atom. The maximum atomic E-state index is 6.90. The van der Waals surface area contributed by atoms with Crippen molar-refractivity contribution in [3.05, 3.63) is 115 Å². The molecule has 6 heterocycles. The molecule has 11 heteroatoms. The minimum atomic E-state index is 0.362. The van der Waals surface area contributed by atoms with E-state index in [1.54, 1.807) is 22.7 Å². The molecule has 0 saturated carbocycles. The van der Waals surface area contributed by atoms with Crippen molar-refractivity contribution >= 4 is 87.6 Å². The van der Waals surface area contributed by atoms with Gasteiger partial charge in [0, 0.05) is 32.5 Å². The molecule has 5 aromatic carbocycles. The summed E-state index contributed by atoms with van der Waals surface area (Å²) in [4.78, 5) is 20.4. The Balaban J connectivity index is 1.37. The van der Waals surface area contributed by atoms with E-state index >= 15 is 0 Å². The standard InChI is InChI=1S/C39H20N6O2S3/c1-6-15-25-20(10-1)34(44-47-25)38-43-35-32(33-21-11-2-7-16-26(21)50-45-33)31(39-42-24-14-5-8-17-27(24)49-39)30(29(36(35)46-38)28-18-9-19-48-28)37-40-22-12-3-4-13-23(22)41-37/h1-19H,(H,40,41). The average Bonchev–Trinajstić information content (AvgIpc) is 4.00. The van der Waals surface area contributed by atoms with Crippen LogP contribution in [0, 0.1) is 0 Å². The van der Waals surface area contributed by atoms with Crippen LogP contribution >= 0.6 is 34.2 Å². The van der Waals surface area contributed by atoms with Crippen molar-refractivity contribution in [3.8, 4) is 55.2 Å². The van der Waals surface area contributed by atoms with Gasteiger partial charge in [0.2, 0.25) is 0 Å². The monoisotopic (exact) mass is 700 g/mol. The van der Waals surface area contributed by atoms with Crippen LogP contribution in [-0.4, -0.2) is 29.5 Å². The van der Waals surface area contributed by atoms with Gasteiger partial charge in [0.25, 0.3) is 5.89 Å². The van der Waals surface area contributed by atoms with Crippen molar-refractivity contribution < 1.29 is 8.94 Å². The highest BCUT2D eigenvalue weighted by Gasteiger charge is 2.33. The number of rotatable bonds is 5. The van der Waals surface area contributed by atoms with E-state index < -0.39 is 0 Å². The van der Waals surface area contributed by atoms with E-state index in [4.69, 9.17) is 28.3 Å². The first-order chi connectivity index (χ1) is 24.8. The SMILES string of the molecule is c1csc(-c2c(-c3nc4ccccc4[nH]3)c(-c3nc4ccccc4s3)c(-c3nsc4ccccc34)c3nc(-c4noc5ccccc45)oc23)c1. The molecular formula is C39H20N6O2S3. The van der Waals surface area contributed by atoms with Crippen LogP contribution in [0.2, 0.25) is 0 Å². The van der Waals surface area contributed by atoms with Crippen molar-refractivity contribution in [1.82, 2.24) is 29.5 Å². The summed E-state index contributed by atoms with van der Waals surface area (Å²) < 4.78 is 19.9. The maximum absolute atomic E-state index is 6.90. The summed E-state index contributed by atoms with van der Waals surface area (Å²) in [5.74, 6) is 1.07. The van der Waals surface area contributed by atoms with Crippen LogP contribution in [0.25, 0.3) is 109 Å². The minimum Gasteiger partial charge on any atom is -0.434 e. The number of thiophene rings is 1. The molecule has 1 N–H and O–H groups in total. The Hall–Kier alpha value is -6.01. The lowest BCUT2D eigenvalue weighted by Gasteiger charge is -2.16. The predicted molar refractivity (Wildman–Crippen MR) is 203 cm³/mol. The molecule has 50 heavy (non-hydrogen) atoms. The Bertz CT molecular complexity index is 3010. The molecule has 0 aliphatic rings. The highest BCUT2D eigenvalue weighted by molar-refractivity contribution is 7.21. The van der Waals surface area contributed by atoms with Crippen LogP contribution in [0.4, 0.5) is 0 Å². The van der Waals surface area contributed by atoms with Crippen molar-refractivity contribution in [2.45, 2.75) is 0 Å². The number of fused-ring (bicyclic) bond motifs is 5. The Kier molecular flexibility index (Phi) is 5.99. The van der Waals surface area contributed by atoms with E-state index in [2.05, 4.69) is 51.9 Å². The number of benzene rings is 5. The second-order valence-corrected chi connectivity index (χ2v) is 14.6. The number of aromatic nitrogens is 6. The molecule has 0 saturated heterocycles. The molecule has 0 bridgehead atoms. The maximum Gasteiger partial charge on any atom is 0.250 e. The fraction of sp³-hybridized carbons (Fsp3) is 0. The van der Waals surface area contributed by atoms with Gasteiger partial charge in [-0.2, -0.15) is 4.37 Å². The summed E-state index contributed by atoms with van der Waals surface area (Å²) >= 11 is 4.75. The summed E-state index contributed by atoms with van der Waals surface area (Å²) in [7, 11) is 0. The lowest BCUT2D eigenvalue weighted by molar-refractivity contribution is 0.455. The number of nitrogens with one attached hydrogen (secondary N) is 1. The van der Waals surface area contributed by atoms with Crippen molar-refractivity contribution in [2.75, 3.05) is 0 Å². The van der Waals surface area contributed by atoms with E-state index in [1.807, 2.05) is 72.8 Å². The number of H-pyrrole nitrogens is 1. The quantitative estimate of drug-likeness (QED) is 0.190. The van der Waals surface area contributed by atoms with Crippen LogP contribution in [-0.2, 0) is 0 Å². The summed E-state index contributed by atoms with van der Waals surface area (Å²) in [6, 6.07) is 36.5. The zero-order valence-corrected chi connectivity index (χ0v) is 28.2. The molecule has 11 aromatic rings. The third-order valence-corrected chi connectivity index (χ3v) is 11.7. The molecule has 0 atom stereocenters. The second-order valence-electron chi connectivity index (χ2n) is 11.8. The number of aromatic amines is 1. The largest absolute Gasteiger partial charge is 0.434 e. The summed E-state index contributed by atoms with van der Waals surface area (Å²) in [5.41, 5.74) is 9.47. The number of hydrogen-bond donors (Lipinski definition) is 1. The Morgan fingerprint density at radius 1 is 0.620 bits per heavy atom. The second kappa shape index (κ2) is 10.7. The Morgan fingerprint density at radius 2 is 1.42 bits per heavy atom. The van der Waals surface area contributed by atoms with Crippen molar-refractivity contribution in [3.63, 3.8) is 0 Å². The number of oxazole rings is 1. The van der Waals surface area contributed by atoms with Crippen molar-refractivity contribution in [2.24, 2.45) is 0 Å². The van der Waals surface area contributed by atoms with Gasteiger partial charge in [-0.1, -0.05) is 65.8 Å². The van der Waals surface area contributed by atoms with Crippen LogP contribution in [0.5, 0.6) is 0 Å². The van der Waals surface area contributed by atoms with E-state index in [-0.39, 0.29) is 0 Å². The molecule has 0 aliphatic carbocycles. The van der Waals surface area contributed by atoms with Gasteiger partial charge < -0.3 is 13.9 Å². The third-order valence-electron chi connectivity index (χ3n) is 8.94. The zero-order valence-electron chi connectivity index (χ0n) is 25.7. The van der Waals surface area contributed by atoms with Gasteiger partial charge in [0.05, 0.1) is 37.0 Å². The number of para-hydroxylation sites is 4. The smallest absolute Gasteiger partial charge is 0.250 e. The first-order valence-electron chi connectivity index (χ1n) is 15.8. The Labute approximate surface area is 294 Å². The van der Waals surface area contributed by atoms with E-state index in [1.165, 1.54) is 11.5 Å². The molecule has 8 nitrogen and oxygen atoms in total. The molecule has 236 valence electrons. The highest BCUT2D eigenvalue weighted by atomic mass is 32.1. The average molecular weight is 701 g/mol. The van der Waals surface area contributed by atoms with E-state index in [9.17, 15) is 0 Å². The molecule has 6 aromatic heterocycles. The molecule has 0 spiro atoms. The summed E-state index contributed by atoms with van der Waals surface area (Å²) in [5, 5.41) is 9.20. The molecule has 0 fully saturated rings. The van der Waals surface area contributed by atoms with Gasteiger partial charge in [0.1, 0.15) is 16.3 Å². The molecule has 0 radical (unpaired) electrons. The lowest BCUT2D eigenvalue weighted by Crippen LogP contribution is -1.97. The molecular weight excluding hydrogens is 681 g/mol. The van der Waals surface area contributed by atoms with Crippen molar-refractivity contribution in [1.29, 1.82) is 0 Å². The molecule has 11 rings (SSSR count). The highest BCUT2D eigenvalue weighted by Crippen LogP contribution is 2.54. The fourth-order valence-electron chi connectivity index (χ4n) is 6.74. The zero-order chi connectivity index (χ0) is 32.8. The minimum absolute atomic E-state index is 0.362. The molecule has 0 unspecified atom stereocenters. The predicted octanol–water partition coefficient (Wildman–Crippen LogP) is 11.5. The van der Waals surface area contributed by atoms with Gasteiger partial charge in [-0.3, -0.25) is 0 Å². The first-order valence-corrected chi connectivity index (χ1v) is 18.3. The topological polar surface area (TPSA) is 107 Å². The third kappa shape index (κ3) is 4.11. The summed E-state index contributed by atoms with van der Waals surface area (Å²) in [6.07, 6.45) is 0. The first kappa shape index (κ1) is 27.9. The van der Waals surface area contributed by atoms with Gasteiger partial charge >= 0.3 is 0 Å². The number of hydrogen-bond acceptors (Lipinski definition) is 10. The van der Waals surface area contributed by atoms with Gasteiger partial charge in [0.15, 0.2) is 16.9 Å². The normalized spacial score (nSPS) is 12.0. The van der Waals surface area contributed by atoms with Crippen LogP contribution in [0.3, 0.4) is 0 Å².